The van der Waals surface area contributed by atoms with Gasteiger partial charge in [-0.05, 0) is 55.6 Å². The molecule has 2 aromatic rings. The van der Waals surface area contributed by atoms with Gasteiger partial charge in [0.25, 0.3) is 6.92 Å². The van der Waals surface area contributed by atoms with Crippen molar-refractivity contribution in [3.8, 4) is 11.1 Å². The first-order valence-electron chi connectivity index (χ1n) is 9.54. The third kappa shape index (κ3) is 6.53. The zero-order valence-corrected chi connectivity index (χ0v) is 16.4. The van der Waals surface area contributed by atoms with Crippen LogP contribution in [0.1, 0.15) is 25.8 Å². The molecule has 0 aliphatic heterocycles. The van der Waals surface area contributed by atoms with Crippen LogP contribution in [0.2, 0.25) is 13.1 Å². The molecule has 0 radical (unpaired) electrons. The van der Waals surface area contributed by atoms with Crippen molar-refractivity contribution < 1.29 is 19.7 Å². The van der Waals surface area contributed by atoms with Crippen LogP contribution in [-0.2, 0) is 16.0 Å². The highest BCUT2D eigenvalue weighted by molar-refractivity contribution is 6.48. The molecule has 0 saturated heterocycles. The zero-order valence-electron chi connectivity index (χ0n) is 16.4. The summed E-state index contributed by atoms with van der Waals surface area (Å²) >= 11 is 0. The number of hydrogen-bond donors (Lipinski definition) is 2. The summed E-state index contributed by atoms with van der Waals surface area (Å²) in [6, 6.07) is 18.4. The first-order chi connectivity index (χ1) is 12.8. The van der Waals surface area contributed by atoms with Gasteiger partial charge in [0.1, 0.15) is 0 Å². The van der Waals surface area contributed by atoms with Crippen LogP contribution in [0.5, 0.6) is 0 Å². The molecule has 27 heavy (non-hydrogen) atoms. The fourth-order valence-electron chi connectivity index (χ4n) is 3.45. The van der Waals surface area contributed by atoms with Crippen molar-refractivity contribution in [3.63, 3.8) is 0 Å². The fourth-order valence-corrected chi connectivity index (χ4v) is 3.45. The summed E-state index contributed by atoms with van der Waals surface area (Å²) in [5.74, 6) is -0.646. The number of carbonyl (C=O) groups is 1. The van der Waals surface area contributed by atoms with Crippen LogP contribution in [0.25, 0.3) is 11.1 Å². The molecule has 0 heterocycles. The maximum atomic E-state index is 12.0. The van der Waals surface area contributed by atoms with Crippen molar-refractivity contribution in [2.45, 2.75) is 45.4 Å². The fraction of sp³-hybridized carbons (Fsp3) is 0.409. The number of rotatable bonds is 9. The smallest absolute Gasteiger partial charge is 0.337 e. The van der Waals surface area contributed by atoms with E-state index in [4.69, 9.17) is 4.74 Å². The second kappa shape index (κ2) is 9.72. The molecule has 2 aromatic carbocycles. The number of aliphatic hydroxyl groups is 1. The van der Waals surface area contributed by atoms with Crippen molar-refractivity contribution in [1.82, 2.24) is 0 Å². The van der Waals surface area contributed by atoms with E-state index in [0.29, 0.717) is 12.7 Å². The van der Waals surface area contributed by atoms with Gasteiger partial charge >= 0.3 is 5.97 Å². The summed E-state index contributed by atoms with van der Waals surface area (Å²) in [6.07, 6.45) is 1.43. The Labute approximate surface area is 162 Å². The van der Waals surface area contributed by atoms with Crippen LogP contribution in [0, 0.1) is 5.92 Å². The second-order valence-corrected chi connectivity index (χ2v) is 7.42. The minimum absolute atomic E-state index is 0.0352. The van der Waals surface area contributed by atoms with Gasteiger partial charge in [0.15, 0.2) is 5.60 Å². The molecule has 5 heteroatoms. The average Bonchev–Trinajstić information content (AvgIpc) is 2.62. The predicted molar refractivity (Wildman–Crippen MR) is 110 cm³/mol. The summed E-state index contributed by atoms with van der Waals surface area (Å²) < 4.78 is 4.98. The van der Waals surface area contributed by atoms with E-state index in [1.165, 1.54) is 6.92 Å². The van der Waals surface area contributed by atoms with E-state index < -0.39 is 18.5 Å². The third-order valence-corrected chi connectivity index (χ3v) is 4.66. The minimum atomic E-state index is -1.56. The number of carbonyl (C=O) groups excluding carboxylic acids is 1. The lowest BCUT2D eigenvalue weighted by Crippen LogP contribution is -2.39. The number of esters is 1. The van der Waals surface area contributed by atoms with Crippen LogP contribution in [0.3, 0.4) is 0 Å². The molecule has 0 aliphatic rings. The summed E-state index contributed by atoms with van der Waals surface area (Å²) in [5, 5.41) is 20.3. The van der Waals surface area contributed by atoms with Gasteiger partial charge < -0.3 is 14.9 Å². The van der Waals surface area contributed by atoms with E-state index in [-0.39, 0.29) is 18.9 Å². The van der Waals surface area contributed by atoms with Gasteiger partial charge in [-0.3, -0.25) is 0 Å². The lowest BCUT2D eigenvalue weighted by atomic mass is 9.61. The largest absolute Gasteiger partial charge is 0.464 e. The molecule has 2 rings (SSSR count). The Balaban J connectivity index is 2.10. The molecule has 0 amide bonds. The molecule has 1 unspecified atom stereocenters. The Morgan fingerprint density at radius 3 is 2.26 bits per heavy atom. The van der Waals surface area contributed by atoms with Gasteiger partial charge in [-0.2, -0.15) is 0 Å². The standard InChI is InChI=1S/C22H29BO4/c1-4-27-21(24)22(2,25)15-18(16-23(3)26)14-17-10-12-20(13-11-17)19-8-6-5-7-9-19/h5-13,18,25-26H,4,14-16H2,1-3H3/t18-,22?/m1/s1. The van der Waals surface area contributed by atoms with Crippen molar-refractivity contribution in [3.05, 3.63) is 60.2 Å². The van der Waals surface area contributed by atoms with E-state index in [0.717, 1.165) is 16.7 Å². The molecule has 0 fully saturated rings. The molecule has 0 aromatic heterocycles. The van der Waals surface area contributed by atoms with E-state index in [1.807, 2.05) is 18.2 Å². The third-order valence-electron chi connectivity index (χ3n) is 4.66. The molecule has 144 valence electrons. The molecular formula is C22H29BO4. The first-order valence-corrected chi connectivity index (χ1v) is 9.54. The Morgan fingerprint density at radius 1 is 1.11 bits per heavy atom. The first kappa shape index (κ1) is 21.2. The molecule has 0 spiro atoms. The predicted octanol–water partition coefficient (Wildman–Crippen LogP) is 3.83. The molecule has 4 nitrogen and oxygen atoms in total. The molecular weight excluding hydrogens is 339 g/mol. The molecule has 0 bridgehead atoms. The van der Waals surface area contributed by atoms with Gasteiger partial charge in [-0.15, -0.1) is 0 Å². The second-order valence-electron chi connectivity index (χ2n) is 7.42. The highest BCUT2D eigenvalue weighted by Gasteiger charge is 2.35. The number of ether oxygens (including phenoxy) is 1. The summed E-state index contributed by atoms with van der Waals surface area (Å²) in [7, 11) is 0. The molecule has 0 aliphatic carbocycles. The highest BCUT2D eigenvalue weighted by Crippen LogP contribution is 2.27. The van der Waals surface area contributed by atoms with Crippen molar-refractivity contribution in [2.24, 2.45) is 5.92 Å². The molecule has 2 atom stereocenters. The summed E-state index contributed by atoms with van der Waals surface area (Å²) in [6.45, 7) is 4.66. The lowest BCUT2D eigenvalue weighted by molar-refractivity contribution is -0.164. The van der Waals surface area contributed by atoms with Crippen molar-refractivity contribution in [2.75, 3.05) is 6.61 Å². The van der Waals surface area contributed by atoms with Crippen molar-refractivity contribution >= 4 is 12.9 Å². The number of hydrogen-bond acceptors (Lipinski definition) is 4. The quantitative estimate of drug-likeness (QED) is 0.522. The van der Waals surface area contributed by atoms with E-state index >= 15 is 0 Å². The van der Waals surface area contributed by atoms with Gasteiger partial charge in [0.2, 0.25) is 0 Å². The minimum Gasteiger partial charge on any atom is -0.464 e. The maximum absolute atomic E-state index is 12.0. The Hall–Kier alpha value is -2.11. The van der Waals surface area contributed by atoms with E-state index in [9.17, 15) is 14.9 Å². The van der Waals surface area contributed by atoms with Crippen LogP contribution < -0.4 is 0 Å². The Kier molecular flexibility index (Phi) is 7.63. The average molecular weight is 368 g/mol. The normalized spacial score (nSPS) is 14.3. The van der Waals surface area contributed by atoms with E-state index in [2.05, 4.69) is 36.4 Å². The van der Waals surface area contributed by atoms with E-state index in [1.54, 1.807) is 13.7 Å². The van der Waals surface area contributed by atoms with Crippen LogP contribution in [0.4, 0.5) is 0 Å². The summed E-state index contributed by atoms with van der Waals surface area (Å²) in [4.78, 5) is 12.0. The number of benzene rings is 2. The van der Waals surface area contributed by atoms with Crippen LogP contribution in [-0.4, -0.2) is 35.2 Å². The SMILES string of the molecule is CCOC(=O)C(C)(O)C[C@H](CB(C)O)Cc1ccc(-c2ccccc2)cc1. The van der Waals surface area contributed by atoms with Crippen LogP contribution in [0.15, 0.2) is 54.6 Å². The topological polar surface area (TPSA) is 66.8 Å². The van der Waals surface area contributed by atoms with Gasteiger partial charge in [-0.1, -0.05) is 61.4 Å². The summed E-state index contributed by atoms with van der Waals surface area (Å²) in [5.41, 5.74) is 1.86. The zero-order chi connectivity index (χ0) is 19.9. The molecule has 0 saturated carbocycles. The Morgan fingerprint density at radius 2 is 1.70 bits per heavy atom. The Bertz CT molecular complexity index is 711. The monoisotopic (exact) mass is 368 g/mol. The van der Waals surface area contributed by atoms with Gasteiger partial charge in [0.05, 0.1) is 6.61 Å². The van der Waals surface area contributed by atoms with Crippen molar-refractivity contribution in [1.29, 1.82) is 0 Å². The maximum Gasteiger partial charge on any atom is 0.337 e. The lowest BCUT2D eigenvalue weighted by Gasteiger charge is -2.27. The van der Waals surface area contributed by atoms with Crippen LogP contribution >= 0.6 is 0 Å². The van der Waals surface area contributed by atoms with Gasteiger partial charge in [0, 0.05) is 0 Å². The molecule has 2 N–H and O–H groups in total. The highest BCUT2D eigenvalue weighted by atomic mass is 16.5. The van der Waals surface area contributed by atoms with Gasteiger partial charge in [-0.25, -0.2) is 4.79 Å².